The average Bonchev–Trinajstić information content (AvgIpc) is 2.78. The van der Waals surface area contributed by atoms with Crippen molar-refractivity contribution in [2.45, 2.75) is 32.1 Å². The smallest absolute Gasteiger partial charge is 0.167 e. The highest BCUT2D eigenvalue weighted by Crippen LogP contribution is 2.36. The molecule has 2 fully saturated rings. The van der Waals surface area contributed by atoms with Crippen molar-refractivity contribution in [3.63, 3.8) is 0 Å². The Morgan fingerprint density at radius 2 is 1.95 bits per heavy atom. The van der Waals surface area contributed by atoms with E-state index in [1.807, 2.05) is 0 Å². The van der Waals surface area contributed by atoms with Crippen molar-refractivity contribution in [1.29, 1.82) is 0 Å². The molecular weight excluding hydrogens is 289 g/mol. The van der Waals surface area contributed by atoms with Crippen molar-refractivity contribution in [2.24, 2.45) is 11.8 Å². The summed E-state index contributed by atoms with van der Waals surface area (Å²) in [6, 6.07) is 6.29. The number of halogens is 2. The third kappa shape index (κ3) is 4.04. The summed E-state index contributed by atoms with van der Waals surface area (Å²) in [4.78, 5) is 14.5. The van der Waals surface area contributed by atoms with Gasteiger partial charge in [0.15, 0.2) is 5.78 Å². The third-order valence-corrected chi connectivity index (χ3v) is 4.85. The molecule has 0 N–H and O–H groups in total. The molecule has 3 rings (SSSR count). The number of carbonyl (C=O) groups is 1. The van der Waals surface area contributed by atoms with Crippen LogP contribution in [0.1, 0.15) is 42.5 Å². The van der Waals surface area contributed by atoms with Gasteiger partial charge in [-0.05, 0) is 49.8 Å². The molecule has 1 aliphatic heterocycles. The second-order valence-electron chi connectivity index (χ2n) is 6.29. The van der Waals surface area contributed by atoms with Crippen LogP contribution in [-0.4, -0.2) is 30.3 Å². The van der Waals surface area contributed by atoms with Crippen molar-refractivity contribution in [3.05, 3.63) is 35.6 Å². The van der Waals surface area contributed by atoms with E-state index in [2.05, 4.69) is 4.90 Å². The Labute approximate surface area is 132 Å². The van der Waals surface area contributed by atoms with E-state index in [0.29, 0.717) is 6.42 Å². The lowest BCUT2D eigenvalue weighted by atomic mass is 10.0. The monoisotopic (exact) mass is 311 g/mol. The number of rotatable bonds is 4. The van der Waals surface area contributed by atoms with Gasteiger partial charge in [-0.25, -0.2) is 4.39 Å². The minimum Gasteiger partial charge on any atom is -0.303 e. The van der Waals surface area contributed by atoms with E-state index in [4.69, 9.17) is 0 Å². The standard InChI is InChI=1S/C17H22FNO.ClH/c18-16-4-2-1-3-15(16)17(20)8-10-19-9-7-13-5-6-14(11-13)12-19;/h1-4,13-14H,5-12H2;1H. The minimum atomic E-state index is -0.396. The summed E-state index contributed by atoms with van der Waals surface area (Å²) in [5.41, 5.74) is 0.240. The van der Waals surface area contributed by atoms with E-state index < -0.39 is 5.82 Å². The largest absolute Gasteiger partial charge is 0.303 e. The van der Waals surface area contributed by atoms with Crippen LogP contribution < -0.4 is 0 Å². The van der Waals surface area contributed by atoms with Gasteiger partial charge in [0.2, 0.25) is 0 Å². The molecule has 1 saturated heterocycles. The first-order chi connectivity index (χ1) is 9.72. The fraction of sp³-hybridized carbons (Fsp3) is 0.588. The lowest BCUT2D eigenvalue weighted by molar-refractivity contribution is 0.0956. The van der Waals surface area contributed by atoms with Crippen LogP contribution in [-0.2, 0) is 0 Å². The molecule has 0 aromatic heterocycles. The third-order valence-electron chi connectivity index (χ3n) is 4.85. The van der Waals surface area contributed by atoms with E-state index >= 15 is 0 Å². The maximum Gasteiger partial charge on any atom is 0.167 e. The van der Waals surface area contributed by atoms with E-state index in [1.165, 1.54) is 31.7 Å². The van der Waals surface area contributed by atoms with Crippen LogP contribution >= 0.6 is 12.4 Å². The number of fused-ring (bicyclic) bond motifs is 2. The highest BCUT2D eigenvalue weighted by atomic mass is 35.5. The van der Waals surface area contributed by atoms with Crippen molar-refractivity contribution < 1.29 is 9.18 Å². The second kappa shape index (κ2) is 7.37. The number of carbonyl (C=O) groups excluding carboxylic acids is 1. The van der Waals surface area contributed by atoms with Gasteiger partial charge in [0.05, 0.1) is 5.56 Å². The molecule has 1 aromatic rings. The SMILES string of the molecule is Cl.O=C(CCN1CCC2CCC(C2)C1)c1ccccc1F. The predicted molar refractivity (Wildman–Crippen MR) is 84.5 cm³/mol. The highest BCUT2D eigenvalue weighted by Gasteiger charge is 2.29. The van der Waals surface area contributed by atoms with Gasteiger partial charge in [0.1, 0.15) is 5.82 Å². The molecule has 4 heteroatoms. The molecule has 1 aromatic carbocycles. The molecular formula is C17H23ClFNO. The fourth-order valence-corrected chi connectivity index (χ4v) is 3.71. The molecule has 1 saturated carbocycles. The van der Waals surface area contributed by atoms with Crippen molar-refractivity contribution in [1.82, 2.24) is 4.90 Å². The fourth-order valence-electron chi connectivity index (χ4n) is 3.71. The second-order valence-corrected chi connectivity index (χ2v) is 6.29. The number of hydrogen-bond donors (Lipinski definition) is 0. The predicted octanol–water partition coefficient (Wildman–Crippen LogP) is 3.94. The number of nitrogens with zero attached hydrogens (tertiary/aromatic N) is 1. The van der Waals surface area contributed by atoms with Crippen LogP contribution in [0.15, 0.2) is 24.3 Å². The van der Waals surface area contributed by atoms with Gasteiger partial charge in [-0.15, -0.1) is 12.4 Å². The first-order valence-electron chi connectivity index (χ1n) is 7.72. The molecule has 1 aliphatic carbocycles. The summed E-state index contributed by atoms with van der Waals surface area (Å²) in [6.45, 7) is 3.00. The van der Waals surface area contributed by atoms with E-state index in [9.17, 15) is 9.18 Å². The average molecular weight is 312 g/mol. The molecule has 2 unspecified atom stereocenters. The summed E-state index contributed by atoms with van der Waals surface area (Å²) in [5, 5.41) is 0. The summed E-state index contributed by atoms with van der Waals surface area (Å²) in [5.74, 6) is 1.27. The van der Waals surface area contributed by atoms with Crippen LogP contribution in [0.5, 0.6) is 0 Å². The molecule has 2 aliphatic rings. The Bertz CT molecular complexity index is 493. The zero-order valence-corrected chi connectivity index (χ0v) is 13.1. The number of likely N-dealkylation sites (tertiary alicyclic amines) is 1. The molecule has 2 nitrogen and oxygen atoms in total. The van der Waals surface area contributed by atoms with Crippen LogP contribution in [0.3, 0.4) is 0 Å². The molecule has 1 heterocycles. The van der Waals surface area contributed by atoms with Crippen molar-refractivity contribution >= 4 is 18.2 Å². The van der Waals surface area contributed by atoms with Gasteiger partial charge in [0.25, 0.3) is 0 Å². The van der Waals surface area contributed by atoms with E-state index in [1.54, 1.807) is 18.2 Å². The first-order valence-corrected chi connectivity index (χ1v) is 7.72. The van der Waals surface area contributed by atoms with Gasteiger partial charge >= 0.3 is 0 Å². The number of ketones is 1. The Kier molecular flexibility index (Phi) is 5.77. The lowest BCUT2D eigenvalue weighted by Crippen LogP contribution is -2.31. The molecule has 0 radical (unpaired) electrons. The van der Waals surface area contributed by atoms with Gasteiger partial charge in [-0.2, -0.15) is 0 Å². The first kappa shape index (κ1) is 16.4. The van der Waals surface area contributed by atoms with Gasteiger partial charge < -0.3 is 4.90 Å². The maximum atomic E-state index is 13.6. The lowest BCUT2D eigenvalue weighted by Gasteiger charge is -2.24. The van der Waals surface area contributed by atoms with Crippen molar-refractivity contribution in [3.8, 4) is 0 Å². The quantitative estimate of drug-likeness (QED) is 0.785. The molecule has 0 amide bonds. The number of hydrogen-bond acceptors (Lipinski definition) is 2. The van der Waals surface area contributed by atoms with Gasteiger partial charge in [-0.1, -0.05) is 18.6 Å². The number of benzene rings is 1. The molecule has 2 bridgehead atoms. The van der Waals surface area contributed by atoms with Crippen LogP contribution in [0.4, 0.5) is 4.39 Å². The van der Waals surface area contributed by atoms with E-state index in [-0.39, 0.29) is 23.8 Å². The summed E-state index contributed by atoms with van der Waals surface area (Å²) < 4.78 is 13.6. The van der Waals surface area contributed by atoms with Crippen LogP contribution in [0, 0.1) is 17.7 Å². The Balaban J connectivity index is 0.00000161. The minimum absolute atomic E-state index is 0. The van der Waals surface area contributed by atoms with Gasteiger partial charge in [0, 0.05) is 19.5 Å². The number of Topliss-reactive ketones (excluding diaryl/α,β-unsaturated/α-hetero) is 1. The van der Waals surface area contributed by atoms with Gasteiger partial charge in [-0.3, -0.25) is 4.79 Å². The zero-order chi connectivity index (χ0) is 13.9. The highest BCUT2D eigenvalue weighted by molar-refractivity contribution is 5.96. The maximum absolute atomic E-state index is 13.6. The Hall–Kier alpha value is -0.930. The molecule has 116 valence electrons. The molecule has 2 atom stereocenters. The molecule has 0 spiro atoms. The molecule has 21 heavy (non-hydrogen) atoms. The topological polar surface area (TPSA) is 20.3 Å². The Morgan fingerprint density at radius 1 is 1.19 bits per heavy atom. The summed E-state index contributed by atoms with van der Waals surface area (Å²) in [6.07, 6.45) is 5.82. The van der Waals surface area contributed by atoms with Crippen LogP contribution in [0.25, 0.3) is 0 Å². The summed E-state index contributed by atoms with van der Waals surface area (Å²) in [7, 11) is 0. The van der Waals surface area contributed by atoms with E-state index in [0.717, 1.165) is 31.5 Å². The zero-order valence-electron chi connectivity index (χ0n) is 12.3. The van der Waals surface area contributed by atoms with Crippen molar-refractivity contribution in [2.75, 3.05) is 19.6 Å². The van der Waals surface area contributed by atoms with Crippen LogP contribution in [0.2, 0.25) is 0 Å². The summed E-state index contributed by atoms with van der Waals surface area (Å²) >= 11 is 0. The Morgan fingerprint density at radius 3 is 2.76 bits per heavy atom. The normalized spacial score (nSPS) is 25.2.